The lowest BCUT2D eigenvalue weighted by Gasteiger charge is -2.27. The summed E-state index contributed by atoms with van der Waals surface area (Å²) < 4.78 is 24.3. The number of aryl methyl sites for hydroxylation is 4. The second-order valence-corrected chi connectivity index (χ2v) is 33.3. The first-order valence-corrected chi connectivity index (χ1v) is 38.9. The topological polar surface area (TPSA) is 307 Å². The lowest BCUT2D eigenvalue weighted by Crippen LogP contribution is -2.33. The van der Waals surface area contributed by atoms with E-state index in [1.54, 1.807) is 21.4 Å². The predicted octanol–water partition coefficient (Wildman–Crippen LogP) is 17.3. The van der Waals surface area contributed by atoms with Crippen LogP contribution in [-0.4, -0.2) is 112 Å². The van der Waals surface area contributed by atoms with Crippen molar-refractivity contribution in [3.8, 4) is 17.2 Å². The van der Waals surface area contributed by atoms with E-state index in [0.717, 1.165) is 152 Å². The lowest BCUT2D eigenvalue weighted by atomic mass is 9.91. The molecule has 3 aliphatic rings. The van der Waals surface area contributed by atoms with Crippen LogP contribution in [0.25, 0.3) is 22.6 Å². The summed E-state index contributed by atoms with van der Waals surface area (Å²) in [5, 5.41) is 42.9. The standard InChI is InChI=1S/2C24H30N4O2.2C15H21N3O2.C9H11NO.3H2S/c1-14(2)20-17(13-25-28-21(24(4,5)6)15(3)26-22(20)28)23(29)27-18-11-12-30-19-10-8-7-9-16(18)19;1-14(2)12-20-16(5)26-23-22(15(3)4)18(13-25-28(20)23)24(29)27-19-10-11-30-21-9-7-6-8-17(19)21;1-8(2)11-10(14(19)20)7-16-18-12(15(4,5)6)9(3)17-13(11)18;1-8(2)6-12-10(5)17-14-13(9(3)4)11(15(19)20)7-16-18(12)14;10-8-5-6-11-9-4-2-1-3-7(8)9;;;/h7-10,13-14,18H,11-12H2,1-6H3,(H,27,29);6-9,13-15,19H,10-12H2,1-5H3,(H,27,29);7-8H,1-6H3,(H,19,20);7-9H,6H2,1-5H3,(H,19,20);1-4,8H,5-6,10H2;3*1H2/t18-;19-;;;8-;;;/m00..0.../s1. The van der Waals surface area contributed by atoms with Crippen LogP contribution in [0.3, 0.4) is 0 Å². The van der Waals surface area contributed by atoms with Crippen LogP contribution in [0.15, 0.2) is 97.6 Å². The quantitative estimate of drug-likeness (QED) is 0.0675. The van der Waals surface area contributed by atoms with E-state index in [4.69, 9.17) is 29.9 Å². The molecule has 3 aromatic carbocycles. The first-order valence-electron chi connectivity index (χ1n) is 38.9. The second-order valence-electron chi connectivity index (χ2n) is 33.3. The number of aromatic carboxylic acids is 2. The molecule has 6 N–H and O–H groups in total. The highest BCUT2D eigenvalue weighted by molar-refractivity contribution is 7.59. The van der Waals surface area contributed by atoms with Gasteiger partial charge in [0.05, 0.1) is 124 Å². The average Bonchev–Trinajstić information content (AvgIpc) is 1.61. The van der Waals surface area contributed by atoms with Gasteiger partial charge in [-0.15, -0.1) is 0 Å². The van der Waals surface area contributed by atoms with Gasteiger partial charge in [-0.05, 0) is 94.2 Å². The van der Waals surface area contributed by atoms with Gasteiger partial charge in [0, 0.05) is 75.1 Å². The molecule has 3 aliphatic heterocycles. The number of nitrogens with two attached hydrogens (primary N) is 1. The normalized spacial score (nSPS) is 14.9. The fourth-order valence-corrected chi connectivity index (χ4v) is 15.3. The molecule has 3 atom stereocenters. The van der Waals surface area contributed by atoms with Crippen molar-refractivity contribution < 1.29 is 43.6 Å². The number of carboxylic acid groups (broad SMARTS) is 2. The van der Waals surface area contributed by atoms with Gasteiger partial charge in [0.25, 0.3) is 11.8 Å². The number of hydrogen-bond acceptors (Lipinski definition) is 16. The van der Waals surface area contributed by atoms with E-state index in [0.29, 0.717) is 47.5 Å². The zero-order valence-electron chi connectivity index (χ0n) is 70.3. The number of nitrogens with one attached hydrogen (secondary N) is 2. The van der Waals surface area contributed by atoms with Gasteiger partial charge >= 0.3 is 11.9 Å². The number of fused-ring (bicyclic) bond motifs is 7. The monoisotopic (exact) mass is 1610 g/mol. The molecule has 14 rings (SSSR count). The number of hydrogen-bond donors (Lipinski definition) is 5. The van der Waals surface area contributed by atoms with E-state index in [2.05, 4.69) is 138 Å². The third-order valence-electron chi connectivity index (χ3n) is 20.1. The highest BCUT2D eigenvalue weighted by Crippen LogP contribution is 2.38. The molecule has 0 bridgehead atoms. The molecule has 0 unspecified atom stereocenters. The number of ether oxygens (including phenoxy) is 3. The number of carbonyl (C=O) groups excluding carboxylic acids is 2. The first-order chi connectivity index (χ1) is 52.4. The minimum Gasteiger partial charge on any atom is -0.493 e. The Balaban J connectivity index is 0.000000202. The SMILES string of the molecule is Cc1nc2c(C(C)C)c(C(=O)N[C@H]3CCOc4ccccc43)cnn2c1C(C)(C)C.Cc1nc2c(C(C)C)c(C(=O)N[C@H]3CCOc4ccccc43)cnn2c1CC(C)C.Cc1nc2c(C(C)C)c(C(=O)O)cnn2c1C(C)(C)C.Cc1nc2c(C(C)C)c(C(=O)O)cnn2c1CC(C)C.N[C@H]1CCOc2ccccc21.S.S.S. The van der Waals surface area contributed by atoms with E-state index in [1.807, 2.05) is 137 Å². The van der Waals surface area contributed by atoms with Crippen LogP contribution in [-0.2, 0) is 23.7 Å². The molecule has 0 radical (unpaired) electrons. The van der Waals surface area contributed by atoms with Gasteiger partial charge in [-0.3, -0.25) is 9.59 Å². The summed E-state index contributed by atoms with van der Waals surface area (Å²) in [4.78, 5) is 68.2. The van der Waals surface area contributed by atoms with E-state index in [1.165, 1.54) is 12.4 Å². The van der Waals surface area contributed by atoms with Crippen molar-refractivity contribution in [3.05, 3.63) is 204 Å². The summed E-state index contributed by atoms with van der Waals surface area (Å²) in [6.45, 7) is 47.6. The maximum atomic E-state index is 13.4. The van der Waals surface area contributed by atoms with Gasteiger partial charge in [-0.25, -0.2) is 47.6 Å². The second kappa shape index (κ2) is 38.3. The number of benzene rings is 3. The number of rotatable bonds is 14. The highest BCUT2D eigenvalue weighted by Gasteiger charge is 2.33. The Morgan fingerprint density at radius 3 is 1.03 bits per heavy atom. The highest BCUT2D eigenvalue weighted by atomic mass is 32.1. The number of carbonyl (C=O) groups is 4. The van der Waals surface area contributed by atoms with Gasteiger partial charge in [-0.1, -0.05) is 179 Å². The summed E-state index contributed by atoms with van der Waals surface area (Å²) in [5.74, 6) is 1.93. The third-order valence-corrected chi connectivity index (χ3v) is 20.1. The Bertz CT molecular complexity index is 5240. The number of para-hydroxylation sites is 3. The molecule has 2 amide bonds. The van der Waals surface area contributed by atoms with Crippen molar-refractivity contribution in [2.24, 2.45) is 17.6 Å². The molecule has 114 heavy (non-hydrogen) atoms. The third kappa shape index (κ3) is 20.0. The summed E-state index contributed by atoms with van der Waals surface area (Å²) in [7, 11) is 0. The van der Waals surface area contributed by atoms with Crippen LogP contribution in [0.4, 0.5) is 0 Å². The van der Waals surface area contributed by atoms with Gasteiger partial charge < -0.3 is 40.8 Å². The number of nitrogens with zero attached hydrogens (tertiary/aromatic N) is 12. The average molecular weight is 1620 g/mol. The molecule has 11 heterocycles. The maximum Gasteiger partial charge on any atom is 0.337 e. The molecule has 0 fully saturated rings. The van der Waals surface area contributed by atoms with Crippen LogP contribution in [0, 0.1) is 39.5 Å². The molecule has 0 spiro atoms. The summed E-state index contributed by atoms with van der Waals surface area (Å²) in [6.07, 6.45) is 10.5. The Kier molecular flexibility index (Phi) is 30.7. The number of carboxylic acids is 2. The van der Waals surface area contributed by atoms with E-state index in [9.17, 15) is 29.4 Å². The van der Waals surface area contributed by atoms with E-state index in [-0.39, 0.29) is 116 Å². The predicted molar refractivity (Wildman–Crippen MR) is 464 cm³/mol. The number of aromatic nitrogens is 12. The Morgan fingerprint density at radius 1 is 0.430 bits per heavy atom. The summed E-state index contributed by atoms with van der Waals surface area (Å²) in [5.41, 5.74) is 24.8. The summed E-state index contributed by atoms with van der Waals surface area (Å²) in [6, 6.07) is 23.7. The van der Waals surface area contributed by atoms with Gasteiger partial charge in [-0.2, -0.15) is 60.9 Å². The van der Waals surface area contributed by atoms with Crippen LogP contribution >= 0.6 is 40.5 Å². The lowest BCUT2D eigenvalue weighted by molar-refractivity contribution is 0.0684. The first kappa shape index (κ1) is 91.6. The molecule has 614 valence electrons. The van der Waals surface area contributed by atoms with Crippen LogP contribution in [0.1, 0.15) is 312 Å². The Hall–Kier alpha value is -9.57. The zero-order chi connectivity index (χ0) is 81.0. The molecule has 0 saturated carbocycles. The minimum atomic E-state index is -0.957. The zero-order valence-corrected chi connectivity index (χ0v) is 73.3. The molecule has 27 heteroatoms. The van der Waals surface area contributed by atoms with Gasteiger partial charge in [0.15, 0.2) is 22.6 Å². The van der Waals surface area contributed by atoms with Crippen molar-refractivity contribution in [2.75, 3.05) is 19.8 Å². The van der Waals surface area contributed by atoms with Crippen molar-refractivity contribution in [2.45, 2.75) is 237 Å². The number of imidazole rings is 4. The fraction of sp³-hybridized carbons (Fsp3) is 0.471. The van der Waals surface area contributed by atoms with Crippen molar-refractivity contribution in [1.82, 2.24) is 69.0 Å². The maximum absolute atomic E-state index is 13.4. The van der Waals surface area contributed by atoms with Crippen LogP contribution < -0.4 is 30.6 Å². The summed E-state index contributed by atoms with van der Waals surface area (Å²) >= 11 is 0. The smallest absolute Gasteiger partial charge is 0.337 e. The molecular weight excluding hydrogens is 1500 g/mol. The van der Waals surface area contributed by atoms with E-state index < -0.39 is 11.9 Å². The van der Waals surface area contributed by atoms with Gasteiger partial charge in [0.1, 0.15) is 17.2 Å². The van der Waals surface area contributed by atoms with Crippen LogP contribution in [0.5, 0.6) is 17.2 Å². The van der Waals surface area contributed by atoms with Crippen molar-refractivity contribution in [1.29, 1.82) is 0 Å². The molecule has 0 saturated heterocycles. The molecule has 11 aromatic rings. The van der Waals surface area contributed by atoms with Crippen molar-refractivity contribution in [3.63, 3.8) is 0 Å². The molecule has 24 nitrogen and oxygen atoms in total. The molecule has 0 aliphatic carbocycles. The molecular formula is C87H119N15O9S3. The van der Waals surface area contributed by atoms with E-state index >= 15 is 0 Å². The van der Waals surface area contributed by atoms with Crippen molar-refractivity contribution >= 4 is 86.8 Å². The fourth-order valence-electron chi connectivity index (χ4n) is 15.3. The Morgan fingerprint density at radius 2 is 0.711 bits per heavy atom. The number of amides is 2. The van der Waals surface area contributed by atoms with Gasteiger partial charge in [0.2, 0.25) is 0 Å². The molecule has 8 aromatic heterocycles. The van der Waals surface area contributed by atoms with Crippen LogP contribution in [0.2, 0.25) is 0 Å². The Labute approximate surface area is 691 Å². The minimum absolute atomic E-state index is 0. The largest absolute Gasteiger partial charge is 0.493 e.